The molecule has 0 aliphatic heterocycles. The van der Waals surface area contributed by atoms with Crippen molar-refractivity contribution in [2.75, 3.05) is 6.61 Å². The van der Waals surface area contributed by atoms with E-state index in [1.54, 1.807) is 27.7 Å². The highest BCUT2D eigenvalue weighted by atomic mass is 16.3. The Bertz CT molecular complexity index is 190. The van der Waals surface area contributed by atoms with Gasteiger partial charge in [0.2, 0.25) is 0 Å². The van der Waals surface area contributed by atoms with Crippen LogP contribution in [0.25, 0.3) is 0 Å². The molecule has 1 unspecified atom stereocenters. The molecular weight excluding hydrogens is 256 g/mol. The van der Waals surface area contributed by atoms with E-state index < -0.39 is 17.3 Å². The molecule has 0 bridgehead atoms. The lowest BCUT2D eigenvalue weighted by Crippen LogP contribution is -2.26. The molecule has 0 spiro atoms. The highest BCUT2D eigenvalue weighted by Gasteiger charge is 2.19. The van der Waals surface area contributed by atoms with E-state index in [4.69, 9.17) is 10.2 Å². The number of aliphatic hydroxyl groups is 4. The molecule has 4 heteroatoms. The van der Waals surface area contributed by atoms with Crippen molar-refractivity contribution in [3.05, 3.63) is 0 Å². The van der Waals surface area contributed by atoms with Gasteiger partial charge in [0.25, 0.3) is 0 Å². The summed E-state index contributed by atoms with van der Waals surface area (Å²) in [6, 6.07) is 0. The minimum absolute atomic E-state index is 0.0911. The van der Waals surface area contributed by atoms with Crippen LogP contribution in [-0.2, 0) is 0 Å². The summed E-state index contributed by atoms with van der Waals surface area (Å²) in [4.78, 5) is 0. The first-order valence-corrected chi connectivity index (χ1v) is 7.75. The van der Waals surface area contributed by atoms with Crippen molar-refractivity contribution in [1.82, 2.24) is 0 Å². The third-order valence-electron chi connectivity index (χ3n) is 2.95. The summed E-state index contributed by atoms with van der Waals surface area (Å²) in [6.07, 6.45) is 6.19. The van der Waals surface area contributed by atoms with Gasteiger partial charge >= 0.3 is 0 Å². The molecule has 0 aromatic heterocycles. The van der Waals surface area contributed by atoms with Gasteiger partial charge in [-0.15, -0.1) is 0 Å². The van der Waals surface area contributed by atoms with Crippen LogP contribution in [0.15, 0.2) is 0 Å². The molecule has 0 aliphatic carbocycles. The monoisotopic (exact) mass is 292 g/mol. The summed E-state index contributed by atoms with van der Waals surface area (Å²) in [7, 11) is 0. The third-order valence-corrected chi connectivity index (χ3v) is 2.95. The topological polar surface area (TPSA) is 80.9 Å². The smallest absolute Gasteiger partial charge is 0.0770 e. The Balaban J connectivity index is 0. The van der Waals surface area contributed by atoms with Gasteiger partial charge in [0, 0.05) is 0 Å². The van der Waals surface area contributed by atoms with Crippen LogP contribution in [0, 0.1) is 0 Å². The zero-order valence-electron chi connectivity index (χ0n) is 14.0. The second kappa shape index (κ2) is 11.5. The first kappa shape index (κ1) is 22.1. The largest absolute Gasteiger partial charge is 0.394 e. The third kappa shape index (κ3) is 23.0. The molecule has 0 fully saturated rings. The molecule has 0 aromatic carbocycles. The van der Waals surface area contributed by atoms with Gasteiger partial charge in [-0.2, -0.15) is 0 Å². The average molecular weight is 292 g/mol. The second-order valence-electron chi connectivity index (χ2n) is 6.81. The molecule has 4 N–H and O–H groups in total. The maximum absolute atomic E-state index is 9.27. The average Bonchev–Trinajstić information content (AvgIpc) is 2.31. The molecule has 0 aliphatic rings. The number of hydrogen-bond acceptors (Lipinski definition) is 4. The number of rotatable bonds is 9. The van der Waals surface area contributed by atoms with Gasteiger partial charge < -0.3 is 20.4 Å². The summed E-state index contributed by atoms with van der Waals surface area (Å²) < 4.78 is 0. The first-order valence-electron chi connectivity index (χ1n) is 7.75. The lowest BCUT2D eigenvalue weighted by Gasteiger charge is -2.23. The molecular formula is C16H36O4. The van der Waals surface area contributed by atoms with Crippen LogP contribution in [0.5, 0.6) is 0 Å². The van der Waals surface area contributed by atoms with Crippen molar-refractivity contribution in [2.24, 2.45) is 0 Å². The first-order chi connectivity index (χ1) is 9.02. The van der Waals surface area contributed by atoms with Crippen LogP contribution in [0.4, 0.5) is 0 Å². The van der Waals surface area contributed by atoms with Gasteiger partial charge in [0.15, 0.2) is 0 Å². The zero-order chi connectivity index (χ0) is 16.2. The maximum atomic E-state index is 9.27. The van der Waals surface area contributed by atoms with Gasteiger partial charge in [-0.1, -0.05) is 32.6 Å². The molecule has 124 valence electrons. The summed E-state index contributed by atoms with van der Waals surface area (Å²) in [5.41, 5.74) is -1.31. The summed E-state index contributed by atoms with van der Waals surface area (Å²) in [5, 5.41) is 35.9. The molecule has 0 rings (SSSR count). The van der Waals surface area contributed by atoms with E-state index in [1.807, 2.05) is 0 Å². The molecule has 1 atom stereocenters. The van der Waals surface area contributed by atoms with Crippen molar-refractivity contribution >= 4 is 0 Å². The van der Waals surface area contributed by atoms with Crippen molar-refractivity contribution < 1.29 is 20.4 Å². The molecule has 4 nitrogen and oxygen atoms in total. The highest BCUT2D eigenvalue weighted by molar-refractivity contribution is 4.72. The normalized spacial score (nSPS) is 13.7. The minimum atomic E-state index is -0.653. The Morgan fingerprint density at radius 1 is 0.850 bits per heavy atom. The fourth-order valence-corrected chi connectivity index (χ4v) is 1.51. The molecule has 0 saturated heterocycles. The van der Waals surface area contributed by atoms with Crippen molar-refractivity contribution in [2.45, 2.75) is 96.9 Å². The van der Waals surface area contributed by atoms with Crippen LogP contribution in [-0.4, -0.2) is 44.3 Å². The fraction of sp³-hybridized carbons (Fsp3) is 1.00. The summed E-state index contributed by atoms with van der Waals surface area (Å²) in [6.45, 7) is 9.06. The Morgan fingerprint density at radius 2 is 1.30 bits per heavy atom. The van der Waals surface area contributed by atoms with Crippen LogP contribution in [0.2, 0.25) is 0 Å². The fourth-order valence-electron chi connectivity index (χ4n) is 1.51. The Morgan fingerprint density at radius 3 is 1.60 bits per heavy atom. The highest BCUT2D eigenvalue weighted by Crippen LogP contribution is 2.17. The molecule has 0 aromatic rings. The number of hydrogen-bond donors (Lipinski definition) is 4. The lowest BCUT2D eigenvalue weighted by molar-refractivity contribution is 0.0169. The SMILES string of the molecule is CC(C)(O)CCC(C)(C)O.CCCCCCC(O)CO. The number of unbranched alkanes of at least 4 members (excludes halogenated alkanes) is 3. The van der Waals surface area contributed by atoms with Crippen LogP contribution in [0.3, 0.4) is 0 Å². The van der Waals surface area contributed by atoms with Crippen LogP contribution >= 0.6 is 0 Å². The standard InChI is InChI=1S/2C8H18O2/c1-7(2,9)5-6-8(3,4)10;1-2-3-4-5-6-8(10)7-9/h9-10H,5-6H2,1-4H3;8-10H,2-7H2,1H3. The van der Waals surface area contributed by atoms with Crippen molar-refractivity contribution in [3.8, 4) is 0 Å². The molecule has 20 heavy (non-hydrogen) atoms. The minimum Gasteiger partial charge on any atom is -0.394 e. The van der Waals surface area contributed by atoms with E-state index in [1.165, 1.54) is 19.3 Å². The van der Waals surface area contributed by atoms with Gasteiger partial charge in [-0.3, -0.25) is 0 Å². The summed E-state index contributed by atoms with van der Waals surface area (Å²) in [5.74, 6) is 0. The predicted octanol–water partition coefficient (Wildman–Crippen LogP) is 2.62. The van der Waals surface area contributed by atoms with E-state index >= 15 is 0 Å². The zero-order valence-corrected chi connectivity index (χ0v) is 14.0. The lowest BCUT2D eigenvalue weighted by atomic mass is 9.94. The molecule has 0 radical (unpaired) electrons. The second-order valence-corrected chi connectivity index (χ2v) is 6.81. The van der Waals surface area contributed by atoms with E-state index in [-0.39, 0.29) is 6.61 Å². The van der Waals surface area contributed by atoms with Gasteiger partial charge in [0.1, 0.15) is 0 Å². The maximum Gasteiger partial charge on any atom is 0.0770 e. The van der Waals surface area contributed by atoms with Crippen LogP contribution < -0.4 is 0 Å². The number of aliphatic hydroxyl groups excluding tert-OH is 2. The molecule has 0 saturated carbocycles. The summed E-state index contributed by atoms with van der Waals surface area (Å²) >= 11 is 0. The van der Waals surface area contributed by atoms with Crippen molar-refractivity contribution in [3.63, 3.8) is 0 Å². The molecule has 0 amide bonds. The predicted molar refractivity (Wildman–Crippen MR) is 83.7 cm³/mol. The van der Waals surface area contributed by atoms with Gasteiger partial charge in [-0.25, -0.2) is 0 Å². The van der Waals surface area contributed by atoms with E-state index in [0.29, 0.717) is 12.8 Å². The van der Waals surface area contributed by atoms with Gasteiger partial charge in [-0.05, 0) is 47.0 Å². The van der Waals surface area contributed by atoms with Gasteiger partial charge in [0.05, 0.1) is 23.9 Å². The Hall–Kier alpha value is -0.160. The van der Waals surface area contributed by atoms with E-state index in [2.05, 4.69) is 6.92 Å². The Kier molecular flexibility index (Phi) is 12.7. The van der Waals surface area contributed by atoms with E-state index in [9.17, 15) is 10.2 Å². The Labute approximate surface area is 124 Å². The van der Waals surface area contributed by atoms with Crippen LogP contribution in [0.1, 0.15) is 79.6 Å². The quantitative estimate of drug-likeness (QED) is 0.492. The van der Waals surface area contributed by atoms with E-state index in [0.717, 1.165) is 12.8 Å². The molecule has 0 heterocycles. The van der Waals surface area contributed by atoms with Crippen molar-refractivity contribution in [1.29, 1.82) is 0 Å².